The Morgan fingerprint density at radius 3 is 2.81 bits per heavy atom. The summed E-state index contributed by atoms with van der Waals surface area (Å²) in [6.45, 7) is 0.0986. The number of aromatic nitrogens is 1. The standard InChI is InChI=1S/C12H12N2O5S2/c1-19-11-3-2-9(4-10(11)12(15)16)21(17,18)14-6-8-5-13-7-20-8/h2-5,7,14H,6H2,1H3,(H,15,16). The molecular weight excluding hydrogens is 316 g/mol. The van der Waals surface area contributed by atoms with Crippen LogP contribution in [0.2, 0.25) is 0 Å². The lowest BCUT2D eigenvalue weighted by atomic mass is 10.2. The van der Waals surface area contributed by atoms with Gasteiger partial charge in [-0.25, -0.2) is 17.9 Å². The smallest absolute Gasteiger partial charge is 0.339 e. The Hall–Kier alpha value is -1.97. The van der Waals surface area contributed by atoms with Crippen molar-refractivity contribution in [1.29, 1.82) is 0 Å². The number of hydrogen-bond acceptors (Lipinski definition) is 6. The molecule has 2 N–H and O–H groups in total. The van der Waals surface area contributed by atoms with Gasteiger partial charge < -0.3 is 9.84 Å². The van der Waals surface area contributed by atoms with E-state index in [1.165, 1.54) is 30.6 Å². The van der Waals surface area contributed by atoms with E-state index in [4.69, 9.17) is 9.84 Å². The van der Waals surface area contributed by atoms with Gasteiger partial charge in [0.15, 0.2) is 0 Å². The van der Waals surface area contributed by atoms with E-state index in [9.17, 15) is 13.2 Å². The molecule has 1 aromatic carbocycles. The number of nitrogens with zero attached hydrogens (tertiary/aromatic N) is 1. The van der Waals surface area contributed by atoms with Crippen LogP contribution in [0.1, 0.15) is 15.2 Å². The average molecular weight is 328 g/mol. The Bertz CT molecular complexity index is 741. The number of sulfonamides is 1. The molecule has 1 heterocycles. The fourth-order valence-electron chi connectivity index (χ4n) is 1.60. The summed E-state index contributed by atoms with van der Waals surface area (Å²) in [4.78, 5) is 15.6. The van der Waals surface area contributed by atoms with Gasteiger partial charge in [-0.1, -0.05) is 0 Å². The van der Waals surface area contributed by atoms with Gasteiger partial charge in [0.05, 0.1) is 17.5 Å². The van der Waals surface area contributed by atoms with Crippen LogP contribution in [0.5, 0.6) is 5.75 Å². The number of hydrogen-bond donors (Lipinski definition) is 2. The van der Waals surface area contributed by atoms with Crippen molar-refractivity contribution in [2.24, 2.45) is 0 Å². The maximum Gasteiger partial charge on any atom is 0.339 e. The number of methoxy groups -OCH3 is 1. The Labute approximate surface area is 125 Å². The largest absolute Gasteiger partial charge is 0.496 e. The van der Waals surface area contributed by atoms with Crippen LogP contribution < -0.4 is 9.46 Å². The van der Waals surface area contributed by atoms with Crippen molar-refractivity contribution in [3.05, 3.63) is 40.3 Å². The summed E-state index contributed by atoms with van der Waals surface area (Å²) in [5.41, 5.74) is 1.39. The molecule has 0 saturated carbocycles. The van der Waals surface area contributed by atoms with Gasteiger partial charge in [-0.2, -0.15) is 0 Å². The van der Waals surface area contributed by atoms with Gasteiger partial charge in [0.25, 0.3) is 0 Å². The summed E-state index contributed by atoms with van der Waals surface area (Å²) in [5, 5.41) is 9.07. The van der Waals surface area contributed by atoms with Crippen LogP contribution in [0.15, 0.2) is 34.8 Å². The van der Waals surface area contributed by atoms with Crippen LogP contribution in [0.4, 0.5) is 0 Å². The van der Waals surface area contributed by atoms with E-state index in [0.29, 0.717) is 0 Å². The molecule has 0 aliphatic rings. The topological polar surface area (TPSA) is 106 Å². The predicted molar refractivity (Wildman–Crippen MR) is 76.1 cm³/mol. The van der Waals surface area contributed by atoms with Crippen LogP contribution in [-0.4, -0.2) is 31.6 Å². The zero-order valence-electron chi connectivity index (χ0n) is 10.9. The molecule has 0 aliphatic carbocycles. The Morgan fingerprint density at radius 1 is 1.48 bits per heavy atom. The van der Waals surface area contributed by atoms with Crippen molar-refractivity contribution in [2.75, 3.05) is 7.11 Å². The van der Waals surface area contributed by atoms with E-state index in [2.05, 4.69) is 9.71 Å². The van der Waals surface area contributed by atoms with Crippen molar-refractivity contribution < 1.29 is 23.1 Å². The summed E-state index contributed by atoms with van der Waals surface area (Å²) < 4.78 is 31.6. The highest BCUT2D eigenvalue weighted by Crippen LogP contribution is 2.22. The zero-order valence-corrected chi connectivity index (χ0v) is 12.6. The molecule has 0 unspecified atom stereocenters. The molecule has 0 radical (unpaired) electrons. The molecule has 0 amide bonds. The minimum Gasteiger partial charge on any atom is -0.496 e. The predicted octanol–water partition coefficient (Wildman–Crippen LogP) is 1.33. The van der Waals surface area contributed by atoms with Crippen LogP contribution in [0, 0.1) is 0 Å². The van der Waals surface area contributed by atoms with Gasteiger partial charge >= 0.3 is 5.97 Å². The van der Waals surface area contributed by atoms with Gasteiger partial charge in [0, 0.05) is 17.6 Å². The summed E-state index contributed by atoms with van der Waals surface area (Å²) in [5.74, 6) is -1.16. The normalized spacial score (nSPS) is 11.3. The molecule has 0 spiro atoms. The van der Waals surface area contributed by atoms with Crippen LogP contribution >= 0.6 is 11.3 Å². The minimum atomic E-state index is -3.81. The number of nitrogens with one attached hydrogen (secondary N) is 1. The first kappa shape index (κ1) is 15.4. The van der Waals surface area contributed by atoms with E-state index in [1.54, 1.807) is 11.7 Å². The van der Waals surface area contributed by atoms with Crippen LogP contribution in [0.3, 0.4) is 0 Å². The van der Waals surface area contributed by atoms with E-state index in [1.807, 2.05) is 0 Å². The monoisotopic (exact) mass is 328 g/mol. The first-order valence-electron chi connectivity index (χ1n) is 5.72. The third-order valence-corrected chi connectivity index (χ3v) is 4.81. The number of carboxylic acid groups (broad SMARTS) is 1. The fourth-order valence-corrected chi connectivity index (χ4v) is 3.26. The lowest BCUT2D eigenvalue weighted by Crippen LogP contribution is -2.23. The van der Waals surface area contributed by atoms with Gasteiger partial charge in [-0.05, 0) is 18.2 Å². The molecule has 0 saturated heterocycles. The lowest BCUT2D eigenvalue weighted by molar-refractivity contribution is 0.0693. The number of carboxylic acids is 1. The zero-order chi connectivity index (χ0) is 15.5. The molecule has 7 nitrogen and oxygen atoms in total. The maximum atomic E-state index is 12.1. The summed E-state index contributed by atoms with van der Waals surface area (Å²) in [6, 6.07) is 3.67. The van der Waals surface area contributed by atoms with E-state index in [0.717, 1.165) is 10.9 Å². The van der Waals surface area contributed by atoms with Crippen LogP contribution in [0.25, 0.3) is 0 Å². The molecule has 2 rings (SSSR count). The number of ether oxygens (including phenoxy) is 1. The van der Waals surface area contributed by atoms with Gasteiger partial charge in [0.2, 0.25) is 10.0 Å². The molecular formula is C12H12N2O5S2. The third kappa shape index (κ3) is 3.57. The number of benzene rings is 1. The van der Waals surface area contributed by atoms with Crippen molar-refractivity contribution in [3.8, 4) is 5.75 Å². The number of aromatic carboxylic acids is 1. The summed E-state index contributed by atoms with van der Waals surface area (Å²) >= 11 is 1.32. The van der Waals surface area contributed by atoms with Gasteiger partial charge in [0.1, 0.15) is 11.3 Å². The molecule has 9 heteroatoms. The SMILES string of the molecule is COc1ccc(S(=O)(=O)NCc2cncs2)cc1C(=O)O. The van der Waals surface area contributed by atoms with Gasteiger partial charge in [-0.15, -0.1) is 11.3 Å². The van der Waals surface area contributed by atoms with Crippen molar-refractivity contribution in [3.63, 3.8) is 0 Å². The number of carbonyl (C=O) groups is 1. The van der Waals surface area contributed by atoms with Crippen LogP contribution in [-0.2, 0) is 16.6 Å². The van der Waals surface area contributed by atoms with E-state index >= 15 is 0 Å². The third-order valence-electron chi connectivity index (χ3n) is 2.63. The number of rotatable bonds is 6. The van der Waals surface area contributed by atoms with E-state index < -0.39 is 16.0 Å². The summed E-state index contributed by atoms with van der Waals surface area (Å²) in [6.07, 6.45) is 1.56. The average Bonchev–Trinajstić information content (AvgIpc) is 2.97. The van der Waals surface area contributed by atoms with Crippen molar-refractivity contribution >= 4 is 27.3 Å². The quantitative estimate of drug-likeness (QED) is 0.828. The highest BCUT2D eigenvalue weighted by molar-refractivity contribution is 7.89. The maximum absolute atomic E-state index is 12.1. The summed E-state index contributed by atoms with van der Waals surface area (Å²) in [7, 11) is -2.49. The van der Waals surface area contributed by atoms with Crippen molar-refractivity contribution in [1.82, 2.24) is 9.71 Å². The minimum absolute atomic E-state index is 0.0986. The highest BCUT2D eigenvalue weighted by Gasteiger charge is 2.19. The second kappa shape index (κ2) is 6.20. The molecule has 0 bridgehead atoms. The Balaban J connectivity index is 2.27. The fraction of sp³-hybridized carbons (Fsp3) is 0.167. The van der Waals surface area contributed by atoms with Gasteiger partial charge in [-0.3, -0.25) is 4.98 Å². The second-order valence-corrected chi connectivity index (χ2v) is 6.70. The Kier molecular flexibility index (Phi) is 4.56. The molecule has 112 valence electrons. The number of thiazole rings is 1. The second-order valence-electron chi connectivity index (χ2n) is 3.96. The first-order valence-corrected chi connectivity index (χ1v) is 8.08. The first-order chi connectivity index (χ1) is 9.94. The Morgan fingerprint density at radius 2 is 2.24 bits per heavy atom. The lowest BCUT2D eigenvalue weighted by Gasteiger charge is -2.09. The van der Waals surface area contributed by atoms with E-state index in [-0.39, 0.29) is 22.8 Å². The molecule has 1 aromatic heterocycles. The molecule has 0 fully saturated rings. The highest BCUT2D eigenvalue weighted by atomic mass is 32.2. The molecule has 21 heavy (non-hydrogen) atoms. The van der Waals surface area contributed by atoms with Crippen molar-refractivity contribution in [2.45, 2.75) is 11.4 Å². The molecule has 2 aromatic rings. The molecule has 0 atom stereocenters. The molecule has 0 aliphatic heterocycles.